The largest absolute Gasteiger partial charge is 0.327 e. The first-order valence-corrected chi connectivity index (χ1v) is 9.34. The minimum atomic E-state index is 0.807. The van der Waals surface area contributed by atoms with Crippen molar-refractivity contribution < 1.29 is 0 Å². The Bertz CT molecular complexity index is 882. The van der Waals surface area contributed by atoms with Crippen LogP contribution in [0.3, 0.4) is 0 Å². The molecule has 2 aromatic heterocycles. The third-order valence-electron chi connectivity index (χ3n) is 5.72. The van der Waals surface area contributed by atoms with Crippen molar-refractivity contribution >= 4 is 11.0 Å². The quantitative estimate of drug-likeness (QED) is 0.739. The summed E-state index contributed by atoms with van der Waals surface area (Å²) in [7, 11) is 0. The van der Waals surface area contributed by atoms with Crippen molar-refractivity contribution in [1.29, 1.82) is 0 Å². The number of hydrogen-bond acceptors (Lipinski definition) is 4. The standard InChI is InChI=1S/C20H23N5/c1-2-17(3-1)24-9-6-20-23-18-13-15(12-16-14-21-7-8-22-16)4-5-19(18)25(20)11-10-24/h4-5,7-8,13-14,17H,1-3,6,9-12H2. The Labute approximate surface area is 147 Å². The fourth-order valence-corrected chi connectivity index (χ4v) is 4.11. The van der Waals surface area contributed by atoms with Crippen molar-refractivity contribution in [2.75, 3.05) is 13.1 Å². The van der Waals surface area contributed by atoms with Crippen LogP contribution in [-0.2, 0) is 19.4 Å². The highest BCUT2D eigenvalue weighted by atomic mass is 15.2. The molecule has 0 amide bonds. The van der Waals surface area contributed by atoms with Gasteiger partial charge in [0, 0.05) is 57.1 Å². The predicted molar refractivity (Wildman–Crippen MR) is 97.5 cm³/mol. The molecule has 0 spiro atoms. The predicted octanol–water partition coefficient (Wildman–Crippen LogP) is 2.83. The highest BCUT2D eigenvalue weighted by Crippen LogP contribution is 2.27. The zero-order chi connectivity index (χ0) is 16.6. The van der Waals surface area contributed by atoms with Crippen LogP contribution in [-0.4, -0.2) is 43.6 Å². The minimum Gasteiger partial charge on any atom is -0.327 e. The van der Waals surface area contributed by atoms with Crippen molar-refractivity contribution in [3.05, 3.63) is 53.9 Å². The summed E-state index contributed by atoms with van der Waals surface area (Å²) in [5.41, 5.74) is 4.64. The van der Waals surface area contributed by atoms with Gasteiger partial charge in [0.25, 0.3) is 0 Å². The second-order valence-electron chi connectivity index (χ2n) is 7.25. The van der Waals surface area contributed by atoms with Crippen molar-refractivity contribution in [3.63, 3.8) is 0 Å². The lowest BCUT2D eigenvalue weighted by molar-refractivity contribution is 0.130. The summed E-state index contributed by atoms with van der Waals surface area (Å²) in [5.74, 6) is 1.24. The fraction of sp³-hybridized carbons (Fsp3) is 0.450. The summed E-state index contributed by atoms with van der Waals surface area (Å²) >= 11 is 0. The highest BCUT2D eigenvalue weighted by molar-refractivity contribution is 5.77. The number of nitrogens with zero attached hydrogens (tertiary/aromatic N) is 5. The fourth-order valence-electron chi connectivity index (χ4n) is 4.11. The molecular formula is C20H23N5. The molecule has 0 atom stereocenters. The van der Waals surface area contributed by atoms with Crippen molar-refractivity contribution in [2.45, 2.75) is 44.7 Å². The van der Waals surface area contributed by atoms with E-state index in [9.17, 15) is 0 Å². The van der Waals surface area contributed by atoms with Gasteiger partial charge in [-0.15, -0.1) is 0 Å². The van der Waals surface area contributed by atoms with Gasteiger partial charge in [-0.3, -0.25) is 14.9 Å². The highest BCUT2D eigenvalue weighted by Gasteiger charge is 2.27. The molecule has 1 fully saturated rings. The maximum absolute atomic E-state index is 4.95. The van der Waals surface area contributed by atoms with E-state index in [1.165, 1.54) is 36.2 Å². The second kappa shape index (κ2) is 6.23. The van der Waals surface area contributed by atoms with Gasteiger partial charge in [-0.05, 0) is 30.5 Å². The summed E-state index contributed by atoms with van der Waals surface area (Å²) < 4.78 is 2.43. The molecule has 1 aliphatic heterocycles. The van der Waals surface area contributed by atoms with E-state index in [2.05, 4.69) is 37.6 Å². The van der Waals surface area contributed by atoms with E-state index in [1.54, 1.807) is 12.4 Å². The Kier molecular flexibility index (Phi) is 3.74. The molecule has 0 N–H and O–H groups in total. The number of hydrogen-bond donors (Lipinski definition) is 0. The molecule has 5 nitrogen and oxygen atoms in total. The third-order valence-corrected chi connectivity index (χ3v) is 5.72. The summed E-state index contributed by atoms with van der Waals surface area (Å²) in [4.78, 5) is 16.2. The molecule has 1 aliphatic carbocycles. The number of rotatable bonds is 3. The topological polar surface area (TPSA) is 46.8 Å². The summed E-state index contributed by atoms with van der Waals surface area (Å²) in [6, 6.07) is 7.49. The first kappa shape index (κ1) is 15.0. The Morgan fingerprint density at radius 1 is 1.08 bits per heavy atom. The Morgan fingerprint density at radius 2 is 2.04 bits per heavy atom. The van der Waals surface area contributed by atoms with Crippen LogP contribution in [0.1, 0.15) is 36.3 Å². The molecule has 0 unspecified atom stereocenters. The molecule has 3 aromatic rings. The molecule has 5 rings (SSSR count). The van der Waals surface area contributed by atoms with Crippen LogP contribution in [0.2, 0.25) is 0 Å². The van der Waals surface area contributed by atoms with Gasteiger partial charge >= 0.3 is 0 Å². The molecule has 25 heavy (non-hydrogen) atoms. The monoisotopic (exact) mass is 333 g/mol. The van der Waals surface area contributed by atoms with E-state index in [-0.39, 0.29) is 0 Å². The minimum absolute atomic E-state index is 0.807. The molecular weight excluding hydrogens is 310 g/mol. The van der Waals surface area contributed by atoms with Crippen LogP contribution in [0, 0.1) is 0 Å². The van der Waals surface area contributed by atoms with E-state index in [0.29, 0.717) is 0 Å². The average Bonchev–Trinajstić information content (AvgIpc) is 2.81. The van der Waals surface area contributed by atoms with Gasteiger partial charge in [0.15, 0.2) is 0 Å². The molecule has 5 heteroatoms. The van der Waals surface area contributed by atoms with Gasteiger partial charge in [-0.2, -0.15) is 0 Å². The second-order valence-corrected chi connectivity index (χ2v) is 7.25. The zero-order valence-electron chi connectivity index (χ0n) is 14.4. The normalized spacial score (nSPS) is 18.7. The van der Waals surface area contributed by atoms with E-state index >= 15 is 0 Å². The lowest BCUT2D eigenvalue weighted by atomic mass is 9.91. The summed E-state index contributed by atoms with van der Waals surface area (Å²) in [6.45, 7) is 3.37. The van der Waals surface area contributed by atoms with Crippen LogP contribution in [0.25, 0.3) is 11.0 Å². The molecule has 0 bridgehead atoms. The first-order chi connectivity index (χ1) is 12.4. The average molecular weight is 333 g/mol. The summed E-state index contributed by atoms with van der Waals surface area (Å²) in [6.07, 6.45) is 11.3. The molecule has 1 aromatic carbocycles. The number of benzene rings is 1. The smallest absolute Gasteiger partial charge is 0.111 e. The molecule has 1 saturated carbocycles. The number of imidazole rings is 1. The van der Waals surface area contributed by atoms with Crippen LogP contribution >= 0.6 is 0 Å². The summed E-state index contributed by atoms with van der Waals surface area (Å²) in [5, 5.41) is 0. The Morgan fingerprint density at radius 3 is 2.84 bits per heavy atom. The Balaban J connectivity index is 1.40. The van der Waals surface area contributed by atoms with Crippen LogP contribution in [0.15, 0.2) is 36.8 Å². The van der Waals surface area contributed by atoms with Gasteiger partial charge in [0.1, 0.15) is 5.82 Å². The van der Waals surface area contributed by atoms with Gasteiger partial charge in [-0.25, -0.2) is 4.98 Å². The Hall–Kier alpha value is -2.27. The van der Waals surface area contributed by atoms with Crippen molar-refractivity contribution in [1.82, 2.24) is 24.4 Å². The van der Waals surface area contributed by atoms with Crippen LogP contribution < -0.4 is 0 Å². The van der Waals surface area contributed by atoms with Gasteiger partial charge in [0.05, 0.1) is 16.7 Å². The first-order valence-electron chi connectivity index (χ1n) is 9.34. The van der Waals surface area contributed by atoms with Gasteiger partial charge < -0.3 is 4.57 Å². The lowest BCUT2D eigenvalue weighted by Crippen LogP contribution is -2.41. The van der Waals surface area contributed by atoms with Crippen LogP contribution in [0.5, 0.6) is 0 Å². The van der Waals surface area contributed by atoms with E-state index in [4.69, 9.17) is 4.98 Å². The zero-order valence-corrected chi connectivity index (χ0v) is 14.4. The molecule has 0 saturated heterocycles. The van der Waals surface area contributed by atoms with Crippen molar-refractivity contribution in [2.24, 2.45) is 0 Å². The van der Waals surface area contributed by atoms with E-state index in [0.717, 1.165) is 49.7 Å². The molecule has 2 aliphatic rings. The van der Waals surface area contributed by atoms with Crippen molar-refractivity contribution in [3.8, 4) is 0 Å². The maximum atomic E-state index is 4.95. The maximum Gasteiger partial charge on any atom is 0.111 e. The SMILES string of the molecule is c1cnc(Cc2ccc3c(c2)nc2n3CCN(C3CCC3)CC2)cn1. The molecule has 128 valence electrons. The van der Waals surface area contributed by atoms with E-state index in [1.807, 2.05) is 6.20 Å². The van der Waals surface area contributed by atoms with Crippen LogP contribution in [0.4, 0.5) is 0 Å². The van der Waals surface area contributed by atoms with Gasteiger partial charge in [0.2, 0.25) is 0 Å². The van der Waals surface area contributed by atoms with E-state index < -0.39 is 0 Å². The lowest BCUT2D eigenvalue weighted by Gasteiger charge is -2.36. The van der Waals surface area contributed by atoms with Gasteiger partial charge in [-0.1, -0.05) is 12.5 Å². The molecule has 3 heterocycles. The number of aromatic nitrogens is 4. The third kappa shape index (κ3) is 2.82. The molecule has 0 radical (unpaired) electrons. The number of fused-ring (bicyclic) bond motifs is 3.